The Morgan fingerprint density at radius 3 is 2.60 bits per heavy atom. The molecule has 1 atom stereocenters. The third-order valence-corrected chi connectivity index (χ3v) is 6.28. The van der Waals surface area contributed by atoms with Crippen LogP contribution in [0.4, 0.5) is 0 Å². The van der Waals surface area contributed by atoms with Crippen LogP contribution in [0.25, 0.3) is 0 Å². The van der Waals surface area contributed by atoms with Crippen molar-refractivity contribution < 1.29 is 8.42 Å². The monoisotopic (exact) mass is 316 g/mol. The van der Waals surface area contributed by atoms with Crippen LogP contribution < -0.4 is 5.73 Å². The first kappa shape index (κ1) is 15.4. The van der Waals surface area contributed by atoms with Gasteiger partial charge in [-0.25, -0.2) is 8.42 Å². The summed E-state index contributed by atoms with van der Waals surface area (Å²) in [4.78, 5) is 0.702. The summed E-state index contributed by atoms with van der Waals surface area (Å²) in [5, 5.41) is 4.19. The van der Waals surface area contributed by atoms with E-state index < -0.39 is 10.0 Å². The average molecular weight is 316 g/mol. The van der Waals surface area contributed by atoms with Crippen molar-refractivity contribution in [2.24, 2.45) is 18.7 Å². The van der Waals surface area contributed by atoms with Gasteiger partial charge in [0.25, 0.3) is 0 Å². The lowest BCUT2D eigenvalue weighted by atomic mass is 10.0. The summed E-state index contributed by atoms with van der Waals surface area (Å²) in [6.45, 7) is 4.36. The van der Waals surface area contributed by atoms with Crippen LogP contribution in [0.15, 0.2) is 4.90 Å². The van der Waals surface area contributed by atoms with E-state index in [1.54, 1.807) is 25.6 Å². The number of nitrogens with zero attached hydrogens (tertiary/aromatic N) is 3. The second-order valence-corrected chi connectivity index (χ2v) is 7.57. The van der Waals surface area contributed by atoms with Crippen molar-refractivity contribution in [2.45, 2.75) is 31.6 Å². The van der Waals surface area contributed by atoms with Gasteiger partial charge >= 0.3 is 0 Å². The SMILES string of the molecule is Cc1nn(C)c(C)c1S(=O)(=O)N1CCCC(C(N)=S)C1. The fraction of sp³-hybridized carbons (Fsp3) is 0.667. The molecule has 0 spiro atoms. The molecule has 1 aliphatic rings. The molecule has 1 saturated heterocycles. The fourth-order valence-electron chi connectivity index (χ4n) is 2.65. The van der Waals surface area contributed by atoms with E-state index in [0.29, 0.717) is 34.4 Å². The molecule has 112 valence electrons. The van der Waals surface area contributed by atoms with E-state index in [4.69, 9.17) is 18.0 Å². The van der Waals surface area contributed by atoms with Crippen LogP contribution in [0.1, 0.15) is 24.2 Å². The maximum Gasteiger partial charge on any atom is 0.246 e. The number of hydrogen-bond donors (Lipinski definition) is 1. The highest BCUT2D eigenvalue weighted by atomic mass is 32.2. The van der Waals surface area contributed by atoms with Crippen molar-refractivity contribution in [1.82, 2.24) is 14.1 Å². The summed E-state index contributed by atoms with van der Waals surface area (Å²) in [7, 11) is -1.79. The van der Waals surface area contributed by atoms with Gasteiger partial charge in [-0.15, -0.1) is 0 Å². The molecule has 0 amide bonds. The highest BCUT2D eigenvalue weighted by Crippen LogP contribution is 2.27. The van der Waals surface area contributed by atoms with Gasteiger partial charge in [0.05, 0.1) is 16.4 Å². The van der Waals surface area contributed by atoms with E-state index in [1.165, 1.54) is 4.31 Å². The Balaban J connectivity index is 2.37. The zero-order valence-corrected chi connectivity index (χ0v) is 13.6. The average Bonchev–Trinajstić information content (AvgIpc) is 2.63. The van der Waals surface area contributed by atoms with Gasteiger partial charge in [0, 0.05) is 26.1 Å². The summed E-state index contributed by atoms with van der Waals surface area (Å²) >= 11 is 5.00. The molecule has 1 fully saturated rings. The minimum atomic E-state index is -3.53. The van der Waals surface area contributed by atoms with Crippen molar-refractivity contribution >= 4 is 27.2 Å². The zero-order chi connectivity index (χ0) is 15.1. The molecule has 0 bridgehead atoms. The number of thiocarbonyl (C=S) groups is 1. The number of aryl methyl sites for hydroxylation is 2. The van der Waals surface area contributed by atoms with Gasteiger partial charge in [-0.3, -0.25) is 4.68 Å². The van der Waals surface area contributed by atoms with E-state index in [-0.39, 0.29) is 5.92 Å². The van der Waals surface area contributed by atoms with Gasteiger partial charge in [0.1, 0.15) is 4.90 Å². The molecule has 8 heteroatoms. The van der Waals surface area contributed by atoms with E-state index >= 15 is 0 Å². The van der Waals surface area contributed by atoms with E-state index in [2.05, 4.69) is 5.10 Å². The Labute approximate surface area is 125 Å². The van der Waals surface area contributed by atoms with Gasteiger partial charge in [-0.2, -0.15) is 9.40 Å². The molecule has 20 heavy (non-hydrogen) atoms. The molecule has 6 nitrogen and oxygen atoms in total. The number of rotatable bonds is 3. The van der Waals surface area contributed by atoms with Gasteiger partial charge < -0.3 is 5.73 Å². The highest BCUT2D eigenvalue weighted by molar-refractivity contribution is 7.89. The zero-order valence-electron chi connectivity index (χ0n) is 12.0. The standard InChI is InChI=1S/C12H20N4O2S2/c1-8-11(9(2)15(3)14-8)20(17,18)16-6-4-5-10(7-16)12(13)19/h10H,4-7H2,1-3H3,(H2,13,19). The van der Waals surface area contributed by atoms with Gasteiger partial charge in [0.15, 0.2) is 0 Å². The largest absolute Gasteiger partial charge is 0.393 e. The van der Waals surface area contributed by atoms with Crippen LogP contribution in [-0.2, 0) is 17.1 Å². The highest BCUT2D eigenvalue weighted by Gasteiger charge is 2.34. The molecular formula is C12H20N4O2S2. The summed E-state index contributed by atoms with van der Waals surface area (Å²) in [5.74, 6) is -0.0363. The smallest absolute Gasteiger partial charge is 0.246 e. The lowest BCUT2D eigenvalue weighted by molar-refractivity contribution is 0.312. The maximum absolute atomic E-state index is 12.8. The lowest BCUT2D eigenvalue weighted by Crippen LogP contribution is -2.43. The third-order valence-electron chi connectivity index (χ3n) is 3.83. The summed E-state index contributed by atoms with van der Waals surface area (Å²) in [6, 6.07) is 0. The van der Waals surface area contributed by atoms with Crippen molar-refractivity contribution in [3.05, 3.63) is 11.4 Å². The fourth-order valence-corrected chi connectivity index (χ4v) is 4.77. The molecule has 1 aromatic rings. The lowest BCUT2D eigenvalue weighted by Gasteiger charge is -2.31. The second-order valence-electron chi connectivity index (χ2n) is 5.23. The van der Waals surface area contributed by atoms with Crippen molar-refractivity contribution in [1.29, 1.82) is 0 Å². The molecule has 1 aromatic heterocycles. The van der Waals surface area contributed by atoms with Gasteiger partial charge in [-0.05, 0) is 26.7 Å². The van der Waals surface area contributed by atoms with E-state index in [0.717, 1.165) is 12.8 Å². The molecule has 0 radical (unpaired) electrons. The molecule has 1 aliphatic heterocycles. The molecule has 0 aromatic carbocycles. The number of aromatic nitrogens is 2. The molecule has 2 rings (SSSR count). The molecule has 0 saturated carbocycles. The van der Waals surface area contributed by atoms with Crippen LogP contribution in [0.3, 0.4) is 0 Å². The Kier molecular flexibility index (Phi) is 4.17. The van der Waals surface area contributed by atoms with Crippen molar-refractivity contribution in [3.63, 3.8) is 0 Å². The predicted molar refractivity (Wildman–Crippen MR) is 81.0 cm³/mol. The Morgan fingerprint density at radius 2 is 2.10 bits per heavy atom. The van der Waals surface area contributed by atoms with E-state index in [9.17, 15) is 8.42 Å². The van der Waals surface area contributed by atoms with Crippen LogP contribution in [0, 0.1) is 19.8 Å². The second kappa shape index (κ2) is 5.42. The first-order valence-electron chi connectivity index (χ1n) is 6.54. The Bertz CT molecular complexity index is 636. The number of nitrogens with two attached hydrogens (primary N) is 1. The van der Waals surface area contributed by atoms with Crippen LogP contribution in [0.2, 0.25) is 0 Å². The van der Waals surface area contributed by atoms with Crippen LogP contribution >= 0.6 is 12.2 Å². The van der Waals surface area contributed by atoms with Gasteiger partial charge in [0.2, 0.25) is 10.0 Å². The minimum Gasteiger partial charge on any atom is -0.393 e. The van der Waals surface area contributed by atoms with Crippen molar-refractivity contribution in [2.75, 3.05) is 13.1 Å². The van der Waals surface area contributed by atoms with Gasteiger partial charge in [-0.1, -0.05) is 12.2 Å². The quantitative estimate of drug-likeness (QED) is 0.831. The molecule has 1 unspecified atom stereocenters. The molecule has 0 aliphatic carbocycles. The van der Waals surface area contributed by atoms with Crippen LogP contribution in [-0.4, -0.2) is 40.6 Å². The third kappa shape index (κ3) is 2.59. The summed E-state index contributed by atoms with van der Waals surface area (Å²) in [6.07, 6.45) is 1.63. The maximum atomic E-state index is 12.8. The van der Waals surface area contributed by atoms with Crippen LogP contribution in [0.5, 0.6) is 0 Å². The predicted octanol–water partition coefficient (Wildman–Crippen LogP) is 0.724. The number of hydrogen-bond acceptors (Lipinski definition) is 4. The Morgan fingerprint density at radius 1 is 1.45 bits per heavy atom. The summed E-state index contributed by atoms with van der Waals surface area (Å²) in [5.41, 5.74) is 6.85. The van der Waals surface area contributed by atoms with Crippen molar-refractivity contribution in [3.8, 4) is 0 Å². The topological polar surface area (TPSA) is 81.2 Å². The first-order valence-corrected chi connectivity index (χ1v) is 8.39. The number of piperidine rings is 1. The normalized spacial score (nSPS) is 21.1. The molecule has 2 N–H and O–H groups in total. The first-order chi connectivity index (χ1) is 9.25. The molecule has 2 heterocycles. The minimum absolute atomic E-state index is 0.0363. The van der Waals surface area contributed by atoms with E-state index in [1.807, 2.05) is 0 Å². The number of sulfonamides is 1. The molecular weight excluding hydrogens is 296 g/mol. The Hall–Kier alpha value is -0.990. The summed E-state index contributed by atoms with van der Waals surface area (Å²) < 4.78 is 28.7.